The van der Waals surface area contributed by atoms with Gasteiger partial charge in [-0.2, -0.15) is 4.98 Å². The van der Waals surface area contributed by atoms with E-state index in [9.17, 15) is 0 Å². The second kappa shape index (κ2) is 5.19. The lowest BCUT2D eigenvalue weighted by molar-refractivity contribution is 0.906. The zero-order chi connectivity index (χ0) is 13.2. The highest BCUT2D eigenvalue weighted by atomic mass is 35.5. The smallest absolute Gasteiger partial charge is 0.243 e. The monoisotopic (exact) mass is 292 g/mol. The van der Waals surface area contributed by atoms with E-state index in [1.807, 2.05) is 35.7 Å². The minimum Gasteiger partial charge on any atom is -0.353 e. The number of hydrogen-bond acceptors (Lipinski definition) is 4. The Morgan fingerprint density at radius 3 is 2.95 bits per heavy atom. The number of halogens is 1. The van der Waals surface area contributed by atoms with Crippen molar-refractivity contribution < 1.29 is 0 Å². The molecule has 0 spiro atoms. The lowest BCUT2D eigenvalue weighted by atomic mass is 10.3. The fourth-order valence-electron chi connectivity index (χ4n) is 1.89. The maximum atomic E-state index is 5.90. The Morgan fingerprint density at radius 1 is 1.32 bits per heavy atom. The molecule has 0 unspecified atom stereocenters. The van der Waals surface area contributed by atoms with Gasteiger partial charge in [-0.05, 0) is 37.6 Å². The number of nitrogens with zero attached hydrogens (tertiary/aromatic N) is 3. The third kappa shape index (κ3) is 2.72. The summed E-state index contributed by atoms with van der Waals surface area (Å²) in [5, 5.41) is 7.66. The molecule has 0 radical (unpaired) electrons. The van der Waals surface area contributed by atoms with Crippen molar-refractivity contribution in [3.05, 3.63) is 45.2 Å². The molecule has 0 fully saturated rings. The van der Waals surface area contributed by atoms with Crippen LogP contribution in [0.2, 0.25) is 4.34 Å². The maximum absolute atomic E-state index is 5.90. The Bertz CT molecular complexity index is 704. The molecule has 3 aromatic heterocycles. The summed E-state index contributed by atoms with van der Waals surface area (Å²) < 4.78 is 2.67. The van der Waals surface area contributed by atoms with Crippen LogP contribution in [0.3, 0.4) is 0 Å². The molecule has 0 aliphatic carbocycles. The van der Waals surface area contributed by atoms with Crippen LogP contribution in [-0.4, -0.2) is 21.1 Å². The average molecular weight is 293 g/mol. The van der Waals surface area contributed by atoms with E-state index in [2.05, 4.69) is 21.5 Å². The van der Waals surface area contributed by atoms with Crippen LogP contribution in [0.15, 0.2) is 30.3 Å². The predicted octanol–water partition coefficient (Wildman–Crippen LogP) is 3.41. The van der Waals surface area contributed by atoms with E-state index >= 15 is 0 Å². The van der Waals surface area contributed by atoms with Crippen molar-refractivity contribution in [2.45, 2.75) is 13.3 Å². The molecule has 4 nitrogen and oxygen atoms in total. The maximum Gasteiger partial charge on any atom is 0.243 e. The highest BCUT2D eigenvalue weighted by Gasteiger charge is 2.04. The van der Waals surface area contributed by atoms with Gasteiger partial charge in [-0.3, -0.25) is 0 Å². The Balaban J connectivity index is 1.67. The summed E-state index contributed by atoms with van der Waals surface area (Å²) in [4.78, 5) is 5.69. The van der Waals surface area contributed by atoms with E-state index in [0.29, 0.717) is 5.95 Å². The van der Waals surface area contributed by atoms with E-state index in [4.69, 9.17) is 11.6 Å². The number of rotatable bonds is 4. The Morgan fingerprint density at radius 2 is 2.21 bits per heavy atom. The molecule has 98 valence electrons. The fourth-order valence-corrected chi connectivity index (χ4v) is 2.98. The van der Waals surface area contributed by atoms with Crippen LogP contribution in [-0.2, 0) is 6.42 Å². The van der Waals surface area contributed by atoms with Crippen molar-refractivity contribution in [1.29, 1.82) is 0 Å². The summed E-state index contributed by atoms with van der Waals surface area (Å²) in [5.74, 6) is 0.664. The molecule has 0 aliphatic heterocycles. The van der Waals surface area contributed by atoms with Crippen LogP contribution in [0.4, 0.5) is 5.95 Å². The number of aryl methyl sites for hydroxylation is 1. The second-order valence-electron chi connectivity index (χ2n) is 4.26. The zero-order valence-corrected chi connectivity index (χ0v) is 12.0. The molecule has 0 saturated heterocycles. The van der Waals surface area contributed by atoms with Gasteiger partial charge in [0.2, 0.25) is 5.95 Å². The molecule has 0 saturated carbocycles. The molecule has 3 heterocycles. The topological polar surface area (TPSA) is 42.2 Å². The highest BCUT2D eigenvalue weighted by molar-refractivity contribution is 7.16. The molecule has 3 aromatic rings. The van der Waals surface area contributed by atoms with E-state index in [0.717, 1.165) is 28.6 Å². The Labute approximate surface area is 120 Å². The third-order valence-corrected chi connectivity index (χ3v) is 4.12. The molecule has 19 heavy (non-hydrogen) atoms. The summed E-state index contributed by atoms with van der Waals surface area (Å²) in [6, 6.07) is 9.92. The number of pyridine rings is 1. The van der Waals surface area contributed by atoms with Gasteiger partial charge >= 0.3 is 0 Å². The van der Waals surface area contributed by atoms with Crippen molar-refractivity contribution in [2.75, 3.05) is 11.9 Å². The molecule has 6 heteroatoms. The summed E-state index contributed by atoms with van der Waals surface area (Å²) in [6.45, 7) is 2.81. The zero-order valence-electron chi connectivity index (χ0n) is 10.4. The van der Waals surface area contributed by atoms with E-state index in [1.165, 1.54) is 4.88 Å². The van der Waals surface area contributed by atoms with Crippen LogP contribution in [0.1, 0.15) is 10.6 Å². The van der Waals surface area contributed by atoms with Gasteiger partial charge in [0, 0.05) is 17.1 Å². The van der Waals surface area contributed by atoms with Crippen LogP contribution in [0.5, 0.6) is 0 Å². The molecule has 3 rings (SSSR count). The second-order valence-corrected chi connectivity index (χ2v) is 6.05. The highest BCUT2D eigenvalue weighted by Crippen LogP contribution is 2.21. The van der Waals surface area contributed by atoms with Crippen LogP contribution < -0.4 is 5.32 Å². The first kappa shape index (κ1) is 12.4. The quantitative estimate of drug-likeness (QED) is 0.801. The molecule has 0 aromatic carbocycles. The standard InChI is InChI=1S/C13H13ClN4S/c1-9-3-2-4-12-16-13(17-18(9)12)15-8-7-10-5-6-11(14)19-10/h2-6H,7-8H2,1H3,(H,15,17). The van der Waals surface area contributed by atoms with Crippen molar-refractivity contribution >= 4 is 34.5 Å². The molecular weight excluding hydrogens is 280 g/mol. The largest absolute Gasteiger partial charge is 0.353 e. The Kier molecular flexibility index (Phi) is 3.40. The minimum atomic E-state index is 0.664. The van der Waals surface area contributed by atoms with Crippen molar-refractivity contribution in [3.8, 4) is 0 Å². The normalized spacial score (nSPS) is 11.1. The average Bonchev–Trinajstić information content (AvgIpc) is 2.97. The summed E-state index contributed by atoms with van der Waals surface area (Å²) >= 11 is 7.51. The molecule has 0 amide bonds. The first-order valence-electron chi connectivity index (χ1n) is 6.03. The fraction of sp³-hybridized carbons (Fsp3) is 0.231. The van der Waals surface area contributed by atoms with E-state index < -0.39 is 0 Å². The van der Waals surface area contributed by atoms with Gasteiger partial charge in [-0.1, -0.05) is 17.7 Å². The van der Waals surface area contributed by atoms with Gasteiger partial charge in [-0.15, -0.1) is 16.4 Å². The van der Waals surface area contributed by atoms with E-state index in [-0.39, 0.29) is 0 Å². The number of thiophene rings is 1. The lowest BCUT2D eigenvalue weighted by Crippen LogP contribution is -2.05. The summed E-state index contributed by atoms with van der Waals surface area (Å²) in [5.41, 5.74) is 1.93. The summed E-state index contributed by atoms with van der Waals surface area (Å²) in [7, 11) is 0. The van der Waals surface area contributed by atoms with Crippen molar-refractivity contribution in [3.63, 3.8) is 0 Å². The lowest BCUT2D eigenvalue weighted by Gasteiger charge is -1.99. The van der Waals surface area contributed by atoms with Crippen LogP contribution in [0.25, 0.3) is 5.65 Å². The number of aromatic nitrogens is 3. The molecule has 1 N–H and O–H groups in total. The first-order chi connectivity index (χ1) is 9.22. The predicted molar refractivity (Wildman–Crippen MR) is 79.2 cm³/mol. The number of fused-ring (bicyclic) bond motifs is 1. The van der Waals surface area contributed by atoms with Gasteiger partial charge < -0.3 is 5.32 Å². The molecule has 0 bridgehead atoms. The number of hydrogen-bond donors (Lipinski definition) is 1. The van der Waals surface area contributed by atoms with Crippen LogP contribution in [0, 0.1) is 6.92 Å². The summed E-state index contributed by atoms with van der Waals surface area (Å²) in [6.07, 6.45) is 0.923. The first-order valence-corrected chi connectivity index (χ1v) is 7.22. The molecular formula is C13H13ClN4S. The van der Waals surface area contributed by atoms with Gasteiger partial charge in [0.25, 0.3) is 0 Å². The van der Waals surface area contributed by atoms with Gasteiger partial charge in [0.15, 0.2) is 5.65 Å². The molecule has 0 atom stereocenters. The van der Waals surface area contributed by atoms with Crippen molar-refractivity contribution in [2.24, 2.45) is 0 Å². The van der Waals surface area contributed by atoms with Crippen molar-refractivity contribution in [1.82, 2.24) is 14.6 Å². The van der Waals surface area contributed by atoms with Gasteiger partial charge in [-0.25, -0.2) is 4.52 Å². The number of anilines is 1. The van der Waals surface area contributed by atoms with Gasteiger partial charge in [0.1, 0.15) is 0 Å². The number of nitrogens with one attached hydrogen (secondary N) is 1. The van der Waals surface area contributed by atoms with Gasteiger partial charge in [0.05, 0.1) is 4.34 Å². The minimum absolute atomic E-state index is 0.664. The van der Waals surface area contributed by atoms with Crippen LogP contribution >= 0.6 is 22.9 Å². The third-order valence-electron chi connectivity index (χ3n) is 2.83. The molecule has 0 aliphatic rings. The van der Waals surface area contributed by atoms with E-state index in [1.54, 1.807) is 11.3 Å². The Hall–Kier alpha value is -1.59. The SMILES string of the molecule is Cc1cccc2nc(NCCc3ccc(Cl)s3)nn12.